The predicted octanol–water partition coefficient (Wildman–Crippen LogP) is 2.84. The second-order valence-corrected chi connectivity index (χ2v) is 5.15. The second-order valence-electron chi connectivity index (χ2n) is 4.36. The van der Waals surface area contributed by atoms with Crippen molar-refractivity contribution in [3.05, 3.63) is 34.1 Å². The van der Waals surface area contributed by atoms with E-state index in [1.165, 1.54) is 6.07 Å². The molecule has 2 nitrogen and oxygen atoms in total. The fourth-order valence-corrected chi connectivity index (χ4v) is 2.53. The van der Waals surface area contributed by atoms with Gasteiger partial charge in [0, 0.05) is 6.42 Å². The van der Waals surface area contributed by atoms with Gasteiger partial charge in [-0.25, -0.2) is 4.39 Å². The number of carbonyl (C=O) groups excluding carboxylic acids is 1. The maximum atomic E-state index is 13.3. The lowest BCUT2D eigenvalue weighted by Gasteiger charge is -2.22. The zero-order valence-electron chi connectivity index (χ0n) is 9.51. The van der Waals surface area contributed by atoms with Gasteiger partial charge in [0.05, 0.1) is 10.5 Å². The number of benzene rings is 1. The molecule has 1 aromatic rings. The molecule has 92 valence electrons. The van der Waals surface area contributed by atoms with Crippen LogP contribution in [0.4, 0.5) is 4.39 Å². The third-order valence-electron chi connectivity index (χ3n) is 3.10. The summed E-state index contributed by atoms with van der Waals surface area (Å²) >= 11 is 3.19. The third-order valence-corrected chi connectivity index (χ3v) is 3.98. The number of Topliss-reactive ketones (excluding diaryl/α,β-unsaturated/α-hetero) is 1. The van der Waals surface area contributed by atoms with E-state index in [0.29, 0.717) is 4.47 Å². The second kappa shape index (κ2) is 5.74. The molecule has 1 unspecified atom stereocenters. The number of nitrogens with one attached hydrogen (secondary N) is 1. The third kappa shape index (κ3) is 3.13. The van der Waals surface area contributed by atoms with E-state index in [9.17, 15) is 9.18 Å². The van der Waals surface area contributed by atoms with Crippen LogP contribution >= 0.6 is 15.9 Å². The van der Waals surface area contributed by atoms with Crippen molar-refractivity contribution in [2.45, 2.75) is 31.7 Å². The lowest BCUT2D eigenvalue weighted by Crippen LogP contribution is -2.41. The Kier molecular flexibility index (Phi) is 4.29. The molecule has 0 aliphatic carbocycles. The molecule has 1 aliphatic heterocycles. The van der Waals surface area contributed by atoms with Crippen molar-refractivity contribution in [3.8, 4) is 0 Å². The molecule has 4 heteroatoms. The summed E-state index contributed by atoms with van der Waals surface area (Å²) in [7, 11) is 0. The molecule has 1 heterocycles. The largest absolute Gasteiger partial charge is 0.307 e. The molecule has 0 aromatic heterocycles. The predicted molar refractivity (Wildman–Crippen MR) is 68.5 cm³/mol. The van der Waals surface area contributed by atoms with Crippen molar-refractivity contribution >= 4 is 21.7 Å². The number of ketones is 1. The lowest BCUT2D eigenvalue weighted by atomic mass is 9.97. The Labute approximate surface area is 109 Å². The summed E-state index contributed by atoms with van der Waals surface area (Å²) in [5, 5.41) is 3.21. The fraction of sp³-hybridized carbons (Fsp3) is 0.462. The van der Waals surface area contributed by atoms with Crippen LogP contribution in [0.25, 0.3) is 0 Å². The molecule has 1 fully saturated rings. The normalized spacial score (nSPS) is 20.2. The van der Waals surface area contributed by atoms with Crippen LogP contribution in [0.15, 0.2) is 22.7 Å². The highest BCUT2D eigenvalue weighted by atomic mass is 79.9. The highest BCUT2D eigenvalue weighted by molar-refractivity contribution is 9.10. The Balaban J connectivity index is 2.04. The highest BCUT2D eigenvalue weighted by Gasteiger charge is 2.21. The molecule has 0 spiro atoms. The monoisotopic (exact) mass is 299 g/mol. The van der Waals surface area contributed by atoms with Gasteiger partial charge in [-0.1, -0.05) is 18.6 Å². The maximum Gasteiger partial charge on any atom is 0.154 e. The number of piperidine rings is 1. The van der Waals surface area contributed by atoms with Crippen molar-refractivity contribution in [2.75, 3.05) is 6.54 Å². The van der Waals surface area contributed by atoms with Gasteiger partial charge in [-0.15, -0.1) is 0 Å². The summed E-state index contributed by atoms with van der Waals surface area (Å²) in [4.78, 5) is 12.0. The number of hydrogen-bond acceptors (Lipinski definition) is 2. The van der Waals surface area contributed by atoms with Crippen LogP contribution in [0.1, 0.15) is 24.8 Å². The molecule has 1 atom stereocenters. The van der Waals surface area contributed by atoms with Gasteiger partial charge in [-0.2, -0.15) is 0 Å². The van der Waals surface area contributed by atoms with Crippen LogP contribution in [0.3, 0.4) is 0 Å². The molecular weight excluding hydrogens is 285 g/mol. The first-order chi connectivity index (χ1) is 8.18. The van der Waals surface area contributed by atoms with E-state index >= 15 is 0 Å². The van der Waals surface area contributed by atoms with E-state index in [2.05, 4.69) is 21.2 Å². The summed E-state index contributed by atoms with van der Waals surface area (Å²) in [6, 6.07) is 4.75. The Morgan fingerprint density at radius 2 is 2.29 bits per heavy atom. The lowest BCUT2D eigenvalue weighted by molar-refractivity contribution is -0.120. The van der Waals surface area contributed by atoms with E-state index in [1.54, 1.807) is 12.1 Å². The van der Waals surface area contributed by atoms with Crippen molar-refractivity contribution in [1.82, 2.24) is 5.32 Å². The minimum Gasteiger partial charge on any atom is -0.307 e. The molecule has 2 rings (SSSR count). The molecule has 1 saturated heterocycles. The minimum absolute atomic E-state index is 0.0566. The zero-order valence-corrected chi connectivity index (χ0v) is 11.1. The van der Waals surface area contributed by atoms with Gasteiger partial charge in [-0.3, -0.25) is 4.79 Å². The highest BCUT2D eigenvalue weighted by Crippen LogP contribution is 2.22. The maximum absolute atomic E-state index is 13.3. The van der Waals surface area contributed by atoms with Crippen LogP contribution in [0.2, 0.25) is 0 Å². The van der Waals surface area contributed by atoms with Gasteiger partial charge < -0.3 is 5.32 Å². The number of rotatable bonds is 3. The van der Waals surface area contributed by atoms with Crippen molar-refractivity contribution in [3.63, 3.8) is 0 Å². The molecule has 1 aliphatic rings. The summed E-state index contributed by atoms with van der Waals surface area (Å²) in [5.74, 6) is -0.164. The molecular formula is C13H15BrFNO. The standard InChI is InChI=1S/C13H15BrFNO/c14-13-9(4-3-5-10(13)15)8-12(17)11-6-1-2-7-16-11/h3-5,11,16H,1-2,6-8H2. The van der Waals surface area contributed by atoms with E-state index in [0.717, 1.165) is 31.4 Å². The Morgan fingerprint density at radius 1 is 1.47 bits per heavy atom. The van der Waals surface area contributed by atoms with E-state index in [1.807, 2.05) is 0 Å². The smallest absolute Gasteiger partial charge is 0.154 e. The van der Waals surface area contributed by atoms with E-state index in [4.69, 9.17) is 0 Å². The van der Waals surface area contributed by atoms with Crippen LogP contribution in [-0.4, -0.2) is 18.4 Å². The summed E-state index contributed by atoms with van der Waals surface area (Å²) in [6.45, 7) is 0.903. The summed E-state index contributed by atoms with van der Waals surface area (Å²) in [6.07, 6.45) is 3.41. The Hall–Kier alpha value is -0.740. The van der Waals surface area contributed by atoms with Crippen LogP contribution in [0, 0.1) is 5.82 Å². The van der Waals surface area contributed by atoms with Crippen LogP contribution < -0.4 is 5.32 Å². The van der Waals surface area contributed by atoms with Crippen molar-refractivity contribution in [2.24, 2.45) is 0 Å². The number of hydrogen-bond donors (Lipinski definition) is 1. The van der Waals surface area contributed by atoms with Crippen LogP contribution in [0.5, 0.6) is 0 Å². The van der Waals surface area contributed by atoms with Gasteiger partial charge in [0.25, 0.3) is 0 Å². The summed E-state index contributed by atoms with van der Waals surface area (Å²) < 4.78 is 13.7. The average molecular weight is 300 g/mol. The number of halogens is 2. The topological polar surface area (TPSA) is 29.1 Å². The fourth-order valence-electron chi connectivity index (χ4n) is 2.12. The molecule has 0 amide bonds. The van der Waals surface area contributed by atoms with Crippen LogP contribution in [-0.2, 0) is 11.2 Å². The molecule has 1 aromatic carbocycles. The Bertz CT molecular complexity index is 416. The molecule has 1 N–H and O–H groups in total. The quantitative estimate of drug-likeness (QED) is 0.930. The van der Waals surface area contributed by atoms with Gasteiger partial charge in [0.2, 0.25) is 0 Å². The van der Waals surface area contributed by atoms with E-state index < -0.39 is 0 Å². The molecule has 17 heavy (non-hydrogen) atoms. The number of carbonyl (C=O) groups is 1. The molecule has 0 bridgehead atoms. The first-order valence-corrected chi connectivity index (χ1v) is 6.67. The van der Waals surface area contributed by atoms with Crippen molar-refractivity contribution < 1.29 is 9.18 Å². The Morgan fingerprint density at radius 3 is 3.00 bits per heavy atom. The van der Waals surface area contributed by atoms with Gasteiger partial charge in [-0.05, 0) is 46.9 Å². The first-order valence-electron chi connectivity index (χ1n) is 5.87. The van der Waals surface area contributed by atoms with Crippen molar-refractivity contribution in [1.29, 1.82) is 0 Å². The van der Waals surface area contributed by atoms with Gasteiger partial charge in [0.15, 0.2) is 5.78 Å². The van der Waals surface area contributed by atoms with Gasteiger partial charge in [0.1, 0.15) is 5.82 Å². The molecule has 0 radical (unpaired) electrons. The zero-order chi connectivity index (χ0) is 12.3. The minimum atomic E-state index is -0.313. The summed E-state index contributed by atoms with van der Waals surface area (Å²) in [5.41, 5.74) is 0.724. The SMILES string of the molecule is O=C(Cc1cccc(F)c1Br)C1CCCCN1. The average Bonchev–Trinajstić information content (AvgIpc) is 2.36. The first kappa shape index (κ1) is 12.7. The van der Waals surface area contributed by atoms with Gasteiger partial charge >= 0.3 is 0 Å². The molecule has 0 saturated carbocycles. The van der Waals surface area contributed by atoms with E-state index in [-0.39, 0.29) is 24.1 Å².